The van der Waals surface area contributed by atoms with Crippen LogP contribution < -0.4 is 5.32 Å². The number of carboxylic acid groups (broad SMARTS) is 1. The van der Waals surface area contributed by atoms with Crippen molar-refractivity contribution in [1.82, 2.24) is 0 Å². The fraction of sp³-hybridized carbons (Fsp3) is 0.481. The van der Waals surface area contributed by atoms with Crippen LogP contribution in [-0.4, -0.2) is 51.4 Å². The smallest absolute Gasteiger partial charge is 0.303 e. The molecule has 36 heavy (non-hydrogen) atoms. The minimum atomic E-state index is -0.818. The highest BCUT2D eigenvalue weighted by molar-refractivity contribution is 7.99. The van der Waals surface area contributed by atoms with Gasteiger partial charge in [0.2, 0.25) is 5.91 Å². The average Bonchev–Trinajstić information content (AvgIpc) is 2.88. The highest BCUT2D eigenvalue weighted by Crippen LogP contribution is 2.39. The summed E-state index contributed by atoms with van der Waals surface area (Å²) in [6.07, 6.45) is 2.13. The quantitative estimate of drug-likeness (QED) is 0.271. The first-order valence-corrected chi connectivity index (χ1v) is 13.4. The maximum Gasteiger partial charge on any atom is 0.303 e. The largest absolute Gasteiger partial charge is 0.481 e. The van der Waals surface area contributed by atoms with Gasteiger partial charge in [0.15, 0.2) is 6.29 Å². The van der Waals surface area contributed by atoms with Crippen LogP contribution in [0.25, 0.3) is 0 Å². The summed E-state index contributed by atoms with van der Waals surface area (Å²) in [6, 6.07) is 15.1. The van der Waals surface area contributed by atoms with Gasteiger partial charge in [0.1, 0.15) is 0 Å². The molecule has 196 valence electrons. The van der Waals surface area contributed by atoms with Crippen LogP contribution in [0.15, 0.2) is 48.5 Å². The molecule has 0 aromatic heterocycles. The number of aliphatic hydroxyl groups excluding tert-OH is 2. The van der Waals surface area contributed by atoms with Gasteiger partial charge in [-0.2, -0.15) is 11.8 Å². The Kier molecular flexibility index (Phi) is 11.7. The van der Waals surface area contributed by atoms with Crippen molar-refractivity contribution in [3.8, 4) is 0 Å². The molecule has 2 aromatic rings. The molecule has 3 atom stereocenters. The van der Waals surface area contributed by atoms with Crippen molar-refractivity contribution in [2.24, 2.45) is 0 Å². The highest BCUT2D eigenvalue weighted by atomic mass is 32.2. The van der Waals surface area contributed by atoms with Gasteiger partial charge in [0.25, 0.3) is 0 Å². The van der Waals surface area contributed by atoms with E-state index >= 15 is 0 Å². The van der Waals surface area contributed by atoms with Crippen molar-refractivity contribution < 1.29 is 34.4 Å². The molecule has 3 rings (SSSR count). The normalized spacial score (nSPS) is 19.7. The van der Waals surface area contributed by atoms with Crippen LogP contribution in [0.5, 0.6) is 0 Å². The minimum Gasteiger partial charge on any atom is -0.481 e. The second-order valence-electron chi connectivity index (χ2n) is 8.78. The molecule has 0 spiro atoms. The number of carboxylic acids is 1. The van der Waals surface area contributed by atoms with Crippen molar-refractivity contribution >= 4 is 29.3 Å². The Balaban J connectivity index is 1.64. The van der Waals surface area contributed by atoms with E-state index in [9.17, 15) is 14.7 Å². The SMILES string of the molecule is O=C(O)CCCCCC(=O)Nc1cccc(C2OC(CSCCO)CC(c3ccc(CO)cc3)O2)c1. The van der Waals surface area contributed by atoms with Gasteiger partial charge in [-0.1, -0.05) is 42.8 Å². The van der Waals surface area contributed by atoms with E-state index in [1.165, 1.54) is 0 Å². The average molecular weight is 518 g/mol. The fourth-order valence-electron chi connectivity index (χ4n) is 4.03. The van der Waals surface area contributed by atoms with Gasteiger partial charge in [-0.3, -0.25) is 9.59 Å². The first kappa shape index (κ1) is 28.1. The van der Waals surface area contributed by atoms with Crippen molar-refractivity contribution in [3.05, 3.63) is 65.2 Å². The number of benzene rings is 2. The Morgan fingerprint density at radius 3 is 2.47 bits per heavy atom. The summed E-state index contributed by atoms with van der Waals surface area (Å²) in [4.78, 5) is 22.9. The zero-order chi connectivity index (χ0) is 25.8. The third-order valence-corrected chi connectivity index (χ3v) is 6.97. The number of carbonyl (C=O) groups excluding carboxylic acids is 1. The maximum absolute atomic E-state index is 12.4. The number of anilines is 1. The number of hydrogen-bond acceptors (Lipinski definition) is 7. The molecular weight excluding hydrogens is 482 g/mol. The van der Waals surface area contributed by atoms with E-state index in [4.69, 9.17) is 19.7 Å². The van der Waals surface area contributed by atoms with Gasteiger partial charge in [-0.15, -0.1) is 0 Å². The summed E-state index contributed by atoms with van der Waals surface area (Å²) >= 11 is 1.63. The van der Waals surface area contributed by atoms with E-state index in [2.05, 4.69) is 5.32 Å². The van der Waals surface area contributed by atoms with Crippen molar-refractivity contribution in [1.29, 1.82) is 0 Å². The summed E-state index contributed by atoms with van der Waals surface area (Å²) in [6.45, 7) is 0.101. The molecule has 1 aliphatic heterocycles. The molecule has 1 fully saturated rings. The molecule has 4 N–H and O–H groups in total. The summed E-state index contributed by atoms with van der Waals surface area (Å²) in [5, 5.41) is 30.1. The summed E-state index contributed by atoms with van der Waals surface area (Å²) in [5.41, 5.74) is 3.28. The number of ether oxygens (including phenoxy) is 2. The number of aliphatic hydroxyl groups is 2. The molecule has 0 radical (unpaired) electrons. The van der Waals surface area contributed by atoms with Gasteiger partial charge in [-0.25, -0.2) is 0 Å². The van der Waals surface area contributed by atoms with E-state index in [1.807, 2.05) is 48.5 Å². The Morgan fingerprint density at radius 2 is 1.75 bits per heavy atom. The van der Waals surface area contributed by atoms with Crippen LogP contribution in [-0.2, 0) is 25.7 Å². The van der Waals surface area contributed by atoms with E-state index in [0.717, 1.165) is 22.4 Å². The lowest BCUT2D eigenvalue weighted by molar-refractivity contribution is -0.245. The Hall–Kier alpha value is -2.43. The number of hydrogen-bond donors (Lipinski definition) is 4. The van der Waals surface area contributed by atoms with Gasteiger partial charge in [0.05, 0.1) is 25.4 Å². The number of rotatable bonds is 14. The van der Waals surface area contributed by atoms with Crippen LogP contribution in [0.1, 0.15) is 67.6 Å². The number of thioether (sulfide) groups is 1. The molecule has 1 heterocycles. The number of amides is 1. The van der Waals surface area contributed by atoms with Gasteiger partial charge in [-0.05, 0) is 36.1 Å². The molecule has 0 saturated carbocycles. The Bertz CT molecular complexity index is 969. The van der Waals surface area contributed by atoms with Crippen LogP contribution in [0.2, 0.25) is 0 Å². The lowest BCUT2D eigenvalue weighted by Gasteiger charge is -2.36. The molecule has 1 saturated heterocycles. The molecule has 3 unspecified atom stereocenters. The minimum absolute atomic E-state index is 0.0151. The lowest BCUT2D eigenvalue weighted by Crippen LogP contribution is -2.31. The Labute approximate surface area is 216 Å². The maximum atomic E-state index is 12.4. The standard InChI is InChI=1S/C27H35NO7S/c29-13-14-36-18-23-16-24(20-11-9-19(17-30)10-12-20)35-27(34-23)21-5-4-6-22(15-21)28-25(31)7-2-1-3-8-26(32)33/h4-6,9-12,15,23-24,27,29-30H,1-3,7-8,13-14,16-18H2,(H,28,31)(H,32,33). The fourth-order valence-corrected chi connectivity index (χ4v) is 4.80. The predicted octanol–water partition coefficient (Wildman–Crippen LogP) is 4.42. The first-order chi connectivity index (χ1) is 17.5. The first-order valence-electron chi connectivity index (χ1n) is 12.3. The van der Waals surface area contributed by atoms with E-state index < -0.39 is 12.3 Å². The number of unbranched alkanes of at least 4 members (excludes halogenated alkanes) is 2. The third kappa shape index (κ3) is 9.22. The van der Waals surface area contributed by atoms with Crippen molar-refractivity contribution in [2.75, 3.05) is 23.4 Å². The van der Waals surface area contributed by atoms with Crippen LogP contribution >= 0.6 is 11.8 Å². The predicted molar refractivity (Wildman–Crippen MR) is 139 cm³/mol. The van der Waals surface area contributed by atoms with Gasteiger partial charge in [0, 0.05) is 42.0 Å². The monoisotopic (exact) mass is 517 g/mol. The van der Waals surface area contributed by atoms with Crippen LogP contribution in [0, 0.1) is 0 Å². The summed E-state index contributed by atoms with van der Waals surface area (Å²) in [7, 11) is 0. The molecule has 1 aliphatic rings. The number of aliphatic carboxylic acids is 1. The van der Waals surface area contributed by atoms with Crippen LogP contribution in [0.3, 0.4) is 0 Å². The van der Waals surface area contributed by atoms with E-state index in [0.29, 0.717) is 43.5 Å². The topological polar surface area (TPSA) is 125 Å². The summed E-state index contributed by atoms with van der Waals surface area (Å²) < 4.78 is 12.6. The summed E-state index contributed by atoms with van der Waals surface area (Å²) in [5.74, 6) is 0.429. The molecular formula is C27H35NO7S. The highest BCUT2D eigenvalue weighted by Gasteiger charge is 2.32. The zero-order valence-corrected chi connectivity index (χ0v) is 21.1. The number of nitrogens with one attached hydrogen (secondary N) is 1. The third-order valence-electron chi connectivity index (χ3n) is 5.89. The Morgan fingerprint density at radius 1 is 0.972 bits per heavy atom. The molecule has 1 amide bonds. The molecule has 8 nitrogen and oxygen atoms in total. The van der Waals surface area contributed by atoms with Gasteiger partial charge < -0.3 is 30.1 Å². The molecule has 0 aliphatic carbocycles. The molecule has 0 bridgehead atoms. The molecule has 9 heteroatoms. The zero-order valence-electron chi connectivity index (χ0n) is 20.3. The van der Waals surface area contributed by atoms with E-state index in [-0.39, 0.29) is 37.7 Å². The second kappa shape index (κ2) is 15.0. The van der Waals surface area contributed by atoms with Crippen LogP contribution in [0.4, 0.5) is 5.69 Å². The molecule has 2 aromatic carbocycles. The number of carbonyl (C=O) groups is 2. The van der Waals surface area contributed by atoms with Crippen molar-refractivity contribution in [2.45, 2.75) is 63.6 Å². The lowest BCUT2D eigenvalue weighted by atomic mass is 10.0. The van der Waals surface area contributed by atoms with Crippen molar-refractivity contribution in [3.63, 3.8) is 0 Å². The second-order valence-corrected chi connectivity index (χ2v) is 9.93. The van der Waals surface area contributed by atoms with Gasteiger partial charge >= 0.3 is 5.97 Å². The van der Waals surface area contributed by atoms with E-state index in [1.54, 1.807) is 11.8 Å².